The van der Waals surface area contributed by atoms with Crippen LogP contribution in [0.3, 0.4) is 0 Å². The molecule has 3 nitrogen and oxygen atoms in total. The molecule has 0 aliphatic heterocycles. The van der Waals surface area contributed by atoms with E-state index in [9.17, 15) is 5.11 Å². The molecule has 0 radical (unpaired) electrons. The zero-order valence-corrected chi connectivity index (χ0v) is 9.76. The molecule has 1 aromatic heterocycles. The molecule has 0 aliphatic rings. The third-order valence-electron chi connectivity index (χ3n) is 2.33. The molecule has 1 heterocycles. The first-order valence-electron chi connectivity index (χ1n) is 5.13. The van der Waals surface area contributed by atoms with Gasteiger partial charge in [0.25, 0.3) is 0 Å². The van der Waals surface area contributed by atoms with Gasteiger partial charge in [0.15, 0.2) is 0 Å². The number of rotatable bonds is 2. The Morgan fingerprint density at radius 2 is 1.93 bits per heavy atom. The lowest BCUT2D eigenvalue weighted by molar-refractivity contribution is 0.401. The van der Waals surface area contributed by atoms with Crippen molar-refractivity contribution >= 4 is 0 Å². The van der Waals surface area contributed by atoms with Crippen molar-refractivity contribution in [1.29, 1.82) is 0 Å². The van der Waals surface area contributed by atoms with Crippen LogP contribution in [0.15, 0.2) is 0 Å². The minimum absolute atomic E-state index is 0.0388. The standard InChI is InChI=1S/C11H20N2O/c1-6-7-8-9(11(2,3)4)10(14)13(5)12-8/h14H,6-7H2,1-5H3. The summed E-state index contributed by atoms with van der Waals surface area (Å²) in [4.78, 5) is 0. The van der Waals surface area contributed by atoms with Crippen LogP contribution in [0.25, 0.3) is 0 Å². The molecule has 3 heteroatoms. The summed E-state index contributed by atoms with van der Waals surface area (Å²) in [7, 11) is 1.78. The highest BCUT2D eigenvalue weighted by Gasteiger charge is 2.25. The summed E-state index contributed by atoms with van der Waals surface area (Å²) in [5, 5.41) is 14.2. The quantitative estimate of drug-likeness (QED) is 0.788. The molecule has 0 bridgehead atoms. The minimum Gasteiger partial charge on any atom is -0.493 e. The van der Waals surface area contributed by atoms with Crippen LogP contribution in [-0.2, 0) is 18.9 Å². The summed E-state index contributed by atoms with van der Waals surface area (Å²) >= 11 is 0. The van der Waals surface area contributed by atoms with Crippen LogP contribution in [0.5, 0.6) is 5.88 Å². The summed E-state index contributed by atoms with van der Waals surface area (Å²) < 4.78 is 1.56. The van der Waals surface area contributed by atoms with Crippen LogP contribution < -0.4 is 0 Å². The first-order chi connectivity index (χ1) is 6.38. The van der Waals surface area contributed by atoms with Gasteiger partial charge in [0, 0.05) is 12.6 Å². The normalized spacial score (nSPS) is 12.1. The molecule has 0 saturated heterocycles. The Labute approximate surface area is 85.8 Å². The van der Waals surface area contributed by atoms with E-state index in [1.807, 2.05) is 0 Å². The van der Waals surface area contributed by atoms with E-state index in [-0.39, 0.29) is 5.41 Å². The van der Waals surface area contributed by atoms with Gasteiger partial charge in [-0.25, -0.2) is 4.68 Å². The van der Waals surface area contributed by atoms with Gasteiger partial charge < -0.3 is 5.11 Å². The molecule has 0 unspecified atom stereocenters. The Morgan fingerprint density at radius 3 is 2.36 bits per heavy atom. The predicted molar refractivity (Wildman–Crippen MR) is 57.6 cm³/mol. The van der Waals surface area contributed by atoms with Gasteiger partial charge in [-0.1, -0.05) is 34.1 Å². The Kier molecular flexibility index (Phi) is 2.88. The third-order valence-corrected chi connectivity index (χ3v) is 2.33. The molecular weight excluding hydrogens is 176 g/mol. The summed E-state index contributed by atoms with van der Waals surface area (Å²) in [6.07, 6.45) is 1.99. The third kappa shape index (κ3) is 1.91. The van der Waals surface area contributed by atoms with E-state index in [1.54, 1.807) is 11.7 Å². The molecule has 1 rings (SSSR count). The van der Waals surface area contributed by atoms with E-state index in [2.05, 4.69) is 32.8 Å². The highest BCUT2D eigenvalue weighted by Crippen LogP contribution is 2.33. The van der Waals surface area contributed by atoms with E-state index in [0.29, 0.717) is 5.88 Å². The van der Waals surface area contributed by atoms with Crippen molar-refractivity contribution in [2.45, 2.75) is 46.0 Å². The van der Waals surface area contributed by atoms with Crippen molar-refractivity contribution < 1.29 is 5.11 Å². The molecule has 80 valence electrons. The van der Waals surface area contributed by atoms with E-state index in [1.165, 1.54) is 0 Å². The lowest BCUT2D eigenvalue weighted by Crippen LogP contribution is -2.13. The Bertz CT molecular complexity index is 321. The average molecular weight is 196 g/mol. The second-order valence-electron chi connectivity index (χ2n) is 4.77. The molecule has 0 fully saturated rings. The fourth-order valence-electron chi connectivity index (χ4n) is 1.75. The molecule has 0 amide bonds. The maximum atomic E-state index is 9.88. The number of hydrogen-bond acceptors (Lipinski definition) is 2. The zero-order chi connectivity index (χ0) is 10.9. The highest BCUT2D eigenvalue weighted by atomic mass is 16.3. The van der Waals surface area contributed by atoms with Crippen molar-refractivity contribution in [3.05, 3.63) is 11.3 Å². The Morgan fingerprint density at radius 1 is 1.36 bits per heavy atom. The maximum Gasteiger partial charge on any atom is 0.213 e. The van der Waals surface area contributed by atoms with Crippen molar-refractivity contribution in [3.63, 3.8) is 0 Å². The molecule has 0 saturated carbocycles. The van der Waals surface area contributed by atoms with Crippen LogP contribution in [0.2, 0.25) is 0 Å². The predicted octanol–water partition coefficient (Wildman–Crippen LogP) is 2.38. The monoisotopic (exact) mass is 196 g/mol. The Balaban J connectivity index is 3.23. The SMILES string of the molecule is CCCc1nn(C)c(O)c1C(C)(C)C. The molecular formula is C11H20N2O. The second-order valence-corrected chi connectivity index (χ2v) is 4.77. The molecule has 0 atom stereocenters. The first-order valence-corrected chi connectivity index (χ1v) is 5.13. The molecule has 1 aromatic rings. The van der Waals surface area contributed by atoms with Gasteiger partial charge in [-0.15, -0.1) is 0 Å². The van der Waals surface area contributed by atoms with Crippen molar-refractivity contribution in [3.8, 4) is 5.88 Å². The number of aryl methyl sites for hydroxylation is 2. The summed E-state index contributed by atoms with van der Waals surface area (Å²) in [5.41, 5.74) is 1.98. The molecule has 14 heavy (non-hydrogen) atoms. The van der Waals surface area contributed by atoms with E-state index in [0.717, 1.165) is 24.1 Å². The fourth-order valence-corrected chi connectivity index (χ4v) is 1.75. The molecule has 0 aliphatic carbocycles. The number of aromatic nitrogens is 2. The van der Waals surface area contributed by atoms with Crippen molar-refractivity contribution in [1.82, 2.24) is 9.78 Å². The van der Waals surface area contributed by atoms with Gasteiger partial charge in [-0.2, -0.15) is 5.10 Å². The average Bonchev–Trinajstić information content (AvgIpc) is 2.27. The summed E-state index contributed by atoms with van der Waals surface area (Å²) in [6, 6.07) is 0. The van der Waals surface area contributed by atoms with Gasteiger partial charge in [0.1, 0.15) is 0 Å². The summed E-state index contributed by atoms with van der Waals surface area (Å²) in [5.74, 6) is 0.306. The van der Waals surface area contributed by atoms with Crippen LogP contribution in [0, 0.1) is 0 Å². The van der Waals surface area contributed by atoms with Gasteiger partial charge in [-0.05, 0) is 11.8 Å². The zero-order valence-electron chi connectivity index (χ0n) is 9.76. The highest BCUT2D eigenvalue weighted by molar-refractivity contribution is 5.36. The van der Waals surface area contributed by atoms with Gasteiger partial charge >= 0.3 is 0 Å². The number of hydrogen-bond donors (Lipinski definition) is 1. The van der Waals surface area contributed by atoms with Crippen molar-refractivity contribution in [2.24, 2.45) is 7.05 Å². The lowest BCUT2D eigenvalue weighted by Gasteiger charge is -2.18. The first kappa shape index (κ1) is 11.1. The van der Waals surface area contributed by atoms with Crippen LogP contribution in [0.4, 0.5) is 0 Å². The molecule has 1 N–H and O–H groups in total. The lowest BCUT2D eigenvalue weighted by atomic mass is 9.86. The molecule has 0 spiro atoms. The van der Waals surface area contributed by atoms with Crippen LogP contribution in [0.1, 0.15) is 45.4 Å². The summed E-state index contributed by atoms with van der Waals surface area (Å²) in [6.45, 7) is 8.42. The van der Waals surface area contributed by atoms with E-state index >= 15 is 0 Å². The maximum absolute atomic E-state index is 9.88. The number of aromatic hydroxyl groups is 1. The van der Waals surface area contributed by atoms with E-state index < -0.39 is 0 Å². The Hall–Kier alpha value is -0.990. The second kappa shape index (κ2) is 3.64. The van der Waals surface area contributed by atoms with Crippen LogP contribution >= 0.6 is 0 Å². The number of nitrogens with zero attached hydrogens (tertiary/aromatic N) is 2. The topological polar surface area (TPSA) is 38.0 Å². The van der Waals surface area contributed by atoms with Crippen LogP contribution in [-0.4, -0.2) is 14.9 Å². The minimum atomic E-state index is -0.0388. The van der Waals surface area contributed by atoms with Gasteiger partial charge in [0.2, 0.25) is 5.88 Å². The van der Waals surface area contributed by atoms with Gasteiger partial charge in [0.05, 0.1) is 5.69 Å². The largest absolute Gasteiger partial charge is 0.493 e. The van der Waals surface area contributed by atoms with E-state index in [4.69, 9.17) is 0 Å². The molecule has 0 aromatic carbocycles. The fraction of sp³-hybridized carbons (Fsp3) is 0.727. The van der Waals surface area contributed by atoms with Gasteiger partial charge in [-0.3, -0.25) is 0 Å². The van der Waals surface area contributed by atoms with Crippen molar-refractivity contribution in [2.75, 3.05) is 0 Å². The smallest absolute Gasteiger partial charge is 0.213 e.